The molecule has 3 aliphatic rings. The second-order valence-corrected chi connectivity index (χ2v) is 7.68. The monoisotopic (exact) mass is 342 g/mol. The van der Waals surface area contributed by atoms with E-state index in [-0.39, 0.29) is 17.4 Å². The van der Waals surface area contributed by atoms with Gasteiger partial charge in [0.2, 0.25) is 5.91 Å². The van der Waals surface area contributed by atoms with E-state index in [2.05, 4.69) is 35.6 Å². The number of hydrogen-bond donors (Lipinski definition) is 1. The normalized spacial score (nSPS) is 25.2. The third kappa shape index (κ3) is 3.71. The summed E-state index contributed by atoms with van der Waals surface area (Å²) < 4.78 is 5.51. The first-order valence-corrected chi connectivity index (χ1v) is 9.33. The zero-order valence-electron chi connectivity index (χ0n) is 14.8. The van der Waals surface area contributed by atoms with E-state index in [0.29, 0.717) is 25.7 Å². The minimum atomic E-state index is -0.372. The van der Waals surface area contributed by atoms with Gasteiger partial charge >= 0.3 is 0 Å². The predicted molar refractivity (Wildman–Crippen MR) is 95.5 cm³/mol. The Hall–Kier alpha value is -1.88. The summed E-state index contributed by atoms with van der Waals surface area (Å²) in [5.41, 5.74) is 2.95. The molecule has 0 unspecified atom stereocenters. The van der Waals surface area contributed by atoms with Crippen molar-refractivity contribution in [3.63, 3.8) is 0 Å². The van der Waals surface area contributed by atoms with Gasteiger partial charge in [0, 0.05) is 32.1 Å². The summed E-state index contributed by atoms with van der Waals surface area (Å²) in [7, 11) is 0. The maximum Gasteiger partial charge on any atom is 0.226 e. The fraction of sp³-hybridized carbons (Fsp3) is 0.600. The molecule has 1 amide bonds. The quantitative estimate of drug-likeness (QED) is 0.895. The Labute approximate surface area is 148 Å². The van der Waals surface area contributed by atoms with Crippen molar-refractivity contribution in [3.8, 4) is 0 Å². The highest BCUT2D eigenvalue weighted by Gasteiger charge is 2.45. The molecule has 0 spiro atoms. The highest BCUT2D eigenvalue weighted by Crippen LogP contribution is 2.39. The molecule has 1 aliphatic carbocycles. The minimum absolute atomic E-state index is 0.0291. The van der Waals surface area contributed by atoms with Crippen LogP contribution in [0, 0.1) is 12.3 Å². The van der Waals surface area contributed by atoms with Crippen molar-refractivity contribution in [3.05, 3.63) is 35.4 Å². The Kier molecular flexibility index (Phi) is 4.50. The van der Waals surface area contributed by atoms with Crippen molar-refractivity contribution in [2.24, 2.45) is 10.6 Å². The number of amides is 1. The topological polar surface area (TPSA) is 59.9 Å². The zero-order valence-corrected chi connectivity index (χ0v) is 14.8. The number of nitrogens with one attached hydrogen (secondary N) is 1. The molecule has 1 saturated carbocycles. The third-order valence-corrected chi connectivity index (χ3v) is 5.55. The smallest absolute Gasteiger partial charge is 0.226 e. The second kappa shape index (κ2) is 6.79. The summed E-state index contributed by atoms with van der Waals surface area (Å²) in [5.74, 6) is 0.186. The molecule has 5 nitrogen and oxygen atoms in total. The molecular weight excluding hydrogens is 316 g/mol. The Morgan fingerprint density at radius 1 is 1.32 bits per heavy atom. The van der Waals surface area contributed by atoms with Gasteiger partial charge in [-0.2, -0.15) is 0 Å². The highest BCUT2D eigenvalue weighted by atomic mass is 16.6. The van der Waals surface area contributed by atoms with Crippen LogP contribution in [0.3, 0.4) is 0 Å². The number of nitrogens with zero attached hydrogens (tertiary/aromatic N) is 1. The highest BCUT2D eigenvalue weighted by molar-refractivity contribution is 6.01. The van der Waals surface area contributed by atoms with Gasteiger partial charge in [0.05, 0.1) is 11.1 Å². The van der Waals surface area contributed by atoms with Crippen molar-refractivity contribution in [2.45, 2.75) is 57.6 Å². The second-order valence-electron chi connectivity index (χ2n) is 7.68. The van der Waals surface area contributed by atoms with E-state index in [1.165, 1.54) is 5.56 Å². The van der Waals surface area contributed by atoms with Crippen LogP contribution in [0.1, 0.15) is 49.7 Å². The molecule has 134 valence electrons. The van der Waals surface area contributed by atoms with Gasteiger partial charge in [0.25, 0.3) is 0 Å². The molecule has 5 heteroatoms. The number of carbonyl (C=O) groups is 1. The first-order chi connectivity index (χ1) is 12.1. The average Bonchev–Trinajstić information content (AvgIpc) is 3.31. The van der Waals surface area contributed by atoms with Crippen LogP contribution in [0.2, 0.25) is 0 Å². The van der Waals surface area contributed by atoms with Crippen LogP contribution in [0.5, 0.6) is 0 Å². The number of rotatable bonds is 5. The first kappa shape index (κ1) is 16.6. The van der Waals surface area contributed by atoms with Gasteiger partial charge in [-0.15, -0.1) is 0 Å². The molecule has 0 aromatic heterocycles. The maximum absolute atomic E-state index is 12.9. The van der Waals surface area contributed by atoms with Gasteiger partial charge in [-0.05, 0) is 38.2 Å². The van der Waals surface area contributed by atoms with E-state index in [1.54, 1.807) is 0 Å². The van der Waals surface area contributed by atoms with E-state index in [4.69, 9.17) is 9.57 Å². The lowest BCUT2D eigenvalue weighted by Crippen LogP contribution is -2.47. The SMILES string of the molecule is Cc1cccc(C2=NO[C@H](CC3(C(=O)NC4CC4)CCOCC3)C2)c1. The first-order valence-electron chi connectivity index (χ1n) is 9.33. The molecule has 1 aromatic carbocycles. The number of benzene rings is 1. The molecule has 4 rings (SSSR count). The number of ether oxygens (including phenoxy) is 1. The fourth-order valence-corrected chi connectivity index (χ4v) is 3.82. The van der Waals surface area contributed by atoms with Crippen LogP contribution >= 0.6 is 0 Å². The molecule has 25 heavy (non-hydrogen) atoms. The van der Waals surface area contributed by atoms with Crippen molar-refractivity contribution in [2.75, 3.05) is 13.2 Å². The van der Waals surface area contributed by atoms with Gasteiger partial charge in [-0.1, -0.05) is 35.0 Å². The van der Waals surface area contributed by atoms with Gasteiger partial charge in [-0.3, -0.25) is 4.79 Å². The standard InChI is InChI=1S/C20H26N2O3/c1-14-3-2-4-15(11-14)18-12-17(25-22-18)13-20(7-9-24-10-8-20)19(23)21-16-5-6-16/h2-4,11,16-17H,5-10,12-13H2,1H3,(H,21,23)/t17-/m0/s1. The summed E-state index contributed by atoms with van der Waals surface area (Å²) in [6, 6.07) is 8.71. The van der Waals surface area contributed by atoms with Crippen molar-refractivity contribution >= 4 is 11.6 Å². The van der Waals surface area contributed by atoms with Gasteiger partial charge in [0.15, 0.2) is 0 Å². The lowest BCUT2D eigenvalue weighted by Gasteiger charge is -2.37. The number of carbonyl (C=O) groups excluding carboxylic acids is 1. The van der Waals surface area contributed by atoms with Gasteiger partial charge in [0.1, 0.15) is 6.10 Å². The van der Waals surface area contributed by atoms with Crippen LogP contribution in [0.4, 0.5) is 0 Å². The average molecular weight is 342 g/mol. The summed E-state index contributed by atoms with van der Waals surface area (Å²) in [5, 5.41) is 7.51. The molecule has 1 aromatic rings. The molecule has 1 N–H and O–H groups in total. The van der Waals surface area contributed by atoms with Crippen LogP contribution in [0.15, 0.2) is 29.4 Å². The van der Waals surface area contributed by atoms with Gasteiger partial charge < -0.3 is 14.9 Å². The molecule has 2 heterocycles. The summed E-state index contributed by atoms with van der Waals surface area (Å²) in [4.78, 5) is 18.6. The molecule has 0 bridgehead atoms. The summed E-state index contributed by atoms with van der Waals surface area (Å²) in [6.45, 7) is 3.38. The largest absolute Gasteiger partial charge is 0.392 e. The van der Waals surface area contributed by atoms with Crippen molar-refractivity contribution in [1.82, 2.24) is 5.32 Å². The van der Waals surface area contributed by atoms with E-state index in [1.807, 2.05) is 6.07 Å². The fourth-order valence-electron chi connectivity index (χ4n) is 3.82. The summed E-state index contributed by atoms with van der Waals surface area (Å²) in [6.07, 6.45) is 5.21. The molecule has 2 aliphatic heterocycles. The van der Waals surface area contributed by atoms with E-state index < -0.39 is 0 Å². The Balaban J connectivity index is 1.43. The predicted octanol–water partition coefficient (Wildman–Crippen LogP) is 2.95. The van der Waals surface area contributed by atoms with Crippen LogP contribution in [-0.4, -0.2) is 37.0 Å². The minimum Gasteiger partial charge on any atom is -0.392 e. The zero-order chi connectivity index (χ0) is 17.3. The molecular formula is C20H26N2O3. The van der Waals surface area contributed by atoms with Crippen molar-refractivity contribution in [1.29, 1.82) is 0 Å². The number of oxime groups is 1. The number of hydrogen-bond acceptors (Lipinski definition) is 4. The van der Waals surface area contributed by atoms with E-state index in [0.717, 1.165) is 43.4 Å². The van der Waals surface area contributed by atoms with Gasteiger partial charge in [-0.25, -0.2) is 0 Å². The van der Waals surface area contributed by atoms with Crippen LogP contribution in [-0.2, 0) is 14.4 Å². The van der Waals surface area contributed by atoms with Crippen LogP contribution in [0.25, 0.3) is 0 Å². The Morgan fingerprint density at radius 3 is 2.84 bits per heavy atom. The van der Waals surface area contributed by atoms with Crippen LogP contribution < -0.4 is 5.32 Å². The summed E-state index contributed by atoms with van der Waals surface area (Å²) >= 11 is 0. The number of aryl methyl sites for hydroxylation is 1. The Bertz CT molecular complexity index is 675. The van der Waals surface area contributed by atoms with Crippen molar-refractivity contribution < 1.29 is 14.4 Å². The van der Waals surface area contributed by atoms with E-state index >= 15 is 0 Å². The maximum atomic E-state index is 12.9. The Morgan fingerprint density at radius 2 is 2.12 bits per heavy atom. The lowest BCUT2D eigenvalue weighted by molar-refractivity contribution is -0.140. The lowest BCUT2D eigenvalue weighted by atomic mass is 9.74. The third-order valence-electron chi connectivity index (χ3n) is 5.55. The molecule has 1 atom stereocenters. The molecule has 0 radical (unpaired) electrons. The molecule has 2 fully saturated rings. The van der Waals surface area contributed by atoms with E-state index in [9.17, 15) is 4.79 Å². The molecule has 1 saturated heterocycles.